The first-order chi connectivity index (χ1) is 9.17. The topological polar surface area (TPSA) is 66.9 Å². The van der Waals surface area contributed by atoms with Gasteiger partial charge in [-0.1, -0.05) is 15.9 Å². The number of carbonyl (C=O) groups is 3. The summed E-state index contributed by atoms with van der Waals surface area (Å²) in [7, 11) is 1.47. The quantitative estimate of drug-likeness (QED) is 0.431. The van der Waals surface area contributed by atoms with E-state index >= 15 is 0 Å². The van der Waals surface area contributed by atoms with Gasteiger partial charge in [0.15, 0.2) is 0 Å². The van der Waals surface area contributed by atoms with E-state index < -0.39 is 11.6 Å². The van der Waals surface area contributed by atoms with Gasteiger partial charge in [-0.3, -0.25) is 14.5 Å². The van der Waals surface area contributed by atoms with Crippen molar-refractivity contribution in [1.82, 2.24) is 9.80 Å². The minimum atomic E-state index is -0.505. The number of likely N-dealkylation sites (N-methyl/N-ethyl adjacent to an activating group) is 1. The molecular weight excluding hydrogens is 328 g/mol. The number of rotatable bonds is 5. The number of urea groups is 1. The number of hydrogen-bond acceptors (Lipinski definition) is 4. The van der Waals surface area contributed by atoms with Crippen molar-refractivity contribution in [3.63, 3.8) is 0 Å². The summed E-state index contributed by atoms with van der Waals surface area (Å²) in [6.45, 7) is 5.79. The van der Waals surface area contributed by atoms with E-state index in [1.165, 1.54) is 11.9 Å². The Hall–Kier alpha value is -1.11. The standard InChI is InChI=1S/C13H21BrN2O4/c1-13(2,3)20-10(17)6-5-7-16-9(8-14)11(18)15(4)12(16)19/h9H,5-8H2,1-4H3. The highest BCUT2D eigenvalue weighted by atomic mass is 79.9. The Labute approximate surface area is 127 Å². The summed E-state index contributed by atoms with van der Waals surface area (Å²) >= 11 is 3.24. The van der Waals surface area contributed by atoms with E-state index in [1.807, 2.05) is 20.8 Å². The van der Waals surface area contributed by atoms with Gasteiger partial charge < -0.3 is 9.64 Å². The summed E-state index contributed by atoms with van der Waals surface area (Å²) in [5, 5.41) is 0.397. The molecule has 0 aromatic rings. The van der Waals surface area contributed by atoms with E-state index in [-0.39, 0.29) is 24.3 Å². The van der Waals surface area contributed by atoms with Crippen LogP contribution in [-0.4, -0.2) is 58.3 Å². The van der Waals surface area contributed by atoms with Gasteiger partial charge in [0.25, 0.3) is 5.91 Å². The van der Waals surface area contributed by atoms with Crippen molar-refractivity contribution in [2.45, 2.75) is 45.3 Å². The van der Waals surface area contributed by atoms with Crippen LogP contribution in [-0.2, 0) is 14.3 Å². The second-order valence-electron chi connectivity index (χ2n) is 5.73. The number of alkyl halides is 1. The fourth-order valence-electron chi connectivity index (χ4n) is 1.96. The van der Waals surface area contributed by atoms with Gasteiger partial charge in [0.1, 0.15) is 11.6 Å². The monoisotopic (exact) mass is 348 g/mol. The average molecular weight is 349 g/mol. The van der Waals surface area contributed by atoms with E-state index in [2.05, 4.69) is 15.9 Å². The first-order valence-electron chi connectivity index (χ1n) is 6.53. The number of ether oxygens (including phenoxy) is 1. The number of carbonyl (C=O) groups excluding carboxylic acids is 3. The maximum Gasteiger partial charge on any atom is 0.327 e. The van der Waals surface area contributed by atoms with Crippen LogP contribution < -0.4 is 0 Å². The lowest BCUT2D eigenvalue weighted by atomic mass is 10.2. The molecule has 0 aromatic carbocycles. The fourth-order valence-corrected chi connectivity index (χ4v) is 2.59. The van der Waals surface area contributed by atoms with Crippen LogP contribution in [0.1, 0.15) is 33.6 Å². The molecule has 0 aliphatic carbocycles. The fraction of sp³-hybridized carbons (Fsp3) is 0.769. The van der Waals surface area contributed by atoms with Crippen molar-refractivity contribution < 1.29 is 19.1 Å². The largest absolute Gasteiger partial charge is 0.460 e. The zero-order valence-electron chi connectivity index (χ0n) is 12.3. The molecule has 7 heteroatoms. The lowest BCUT2D eigenvalue weighted by Gasteiger charge is -2.21. The van der Waals surface area contributed by atoms with Gasteiger partial charge in [0, 0.05) is 25.3 Å². The molecule has 1 aliphatic heterocycles. The highest BCUT2D eigenvalue weighted by Gasteiger charge is 2.41. The number of amides is 3. The summed E-state index contributed by atoms with van der Waals surface area (Å²) in [5.41, 5.74) is -0.505. The predicted octanol–water partition coefficient (Wildman–Crippen LogP) is 1.77. The van der Waals surface area contributed by atoms with E-state index in [0.717, 1.165) is 4.90 Å². The summed E-state index contributed by atoms with van der Waals surface area (Å²) in [4.78, 5) is 37.8. The van der Waals surface area contributed by atoms with Crippen molar-refractivity contribution in [2.75, 3.05) is 18.9 Å². The molecule has 20 heavy (non-hydrogen) atoms. The van der Waals surface area contributed by atoms with Crippen LogP contribution in [0.2, 0.25) is 0 Å². The molecule has 114 valence electrons. The van der Waals surface area contributed by atoms with Crippen LogP contribution in [0.4, 0.5) is 4.79 Å². The van der Waals surface area contributed by atoms with Gasteiger partial charge in [-0.05, 0) is 27.2 Å². The van der Waals surface area contributed by atoms with Gasteiger partial charge in [0.2, 0.25) is 0 Å². The molecule has 1 unspecified atom stereocenters. The van der Waals surface area contributed by atoms with Gasteiger partial charge >= 0.3 is 12.0 Å². The predicted molar refractivity (Wildman–Crippen MR) is 77.5 cm³/mol. The van der Waals surface area contributed by atoms with E-state index in [0.29, 0.717) is 18.3 Å². The van der Waals surface area contributed by atoms with Crippen molar-refractivity contribution in [3.05, 3.63) is 0 Å². The third-order valence-corrected chi connectivity index (χ3v) is 3.48. The van der Waals surface area contributed by atoms with Gasteiger partial charge in [-0.15, -0.1) is 0 Å². The smallest absolute Gasteiger partial charge is 0.327 e. The molecule has 1 heterocycles. The molecule has 0 bridgehead atoms. The summed E-state index contributed by atoms with van der Waals surface area (Å²) in [6.07, 6.45) is 0.708. The second kappa shape index (κ2) is 6.56. The zero-order valence-corrected chi connectivity index (χ0v) is 13.9. The van der Waals surface area contributed by atoms with Gasteiger partial charge in [-0.2, -0.15) is 0 Å². The highest BCUT2D eigenvalue weighted by Crippen LogP contribution is 2.19. The Morgan fingerprint density at radius 3 is 2.45 bits per heavy atom. The van der Waals surface area contributed by atoms with Crippen LogP contribution in [0.5, 0.6) is 0 Å². The third kappa shape index (κ3) is 4.19. The molecular formula is C13H21BrN2O4. The Bertz CT molecular complexity index is 406. The maximum absolute atomic E-state index is 11.9. The molecule has 0 N–H and O–H groups in total. The molecule has 0 aromatic heterocycles. The number of nitrogens with zero attached hydrogens (tertiary/aromatic N) is 2. The third-order valence-electron chi connectivity index (χ3n) is 2.87. The van der Waals surface area contributed by atoms with Crippen LogP contribution in [0.3, 0.4) is 0 Å². The van der Waals surface area contributed by atoms with E-state index in [1.54, 1.807) is 0 Å². The Morgan fingerprint density at radius 2 is 1.95 bits per heavy atom. The number of imide groups is 1. The molecule has 1 atom stereocenters. The van der Waals surface area contributed by atoms with Crippen molar-refractivity contribution in [1.29, 1.82) is 0 Å². The average Bonchev–Trinajstić information content (AvgIpc) is 2.51. The molecule has 0 radical (unpaired) electrons. The molecule has 1 saturated heterocycles. The Kier molecular flexibility index (Phi) is 5.56. The maximum atomic E-state index is 11.9. The SMILES string of the molecule is CN1C(=O)C(CBr)N(CCCC(=O)OC(C)(C)C)C1=O. The zero-order chi connectivity index (χ0) is 15.5. The van der Waals surface area contributed by atoms with Crippen LogP contribution >= 0.6 is 15.9 Å². The molecule has 0 saturated carbocycles. The first-order valence-corrected chi connectivity index (χ1v) is 7.65. The number of hydrogen-bond donors (Lipinski definition) is 0. The molecule has 1 aliphatic rings. The minimum Gasteiger partial charge on any atom is -0.460 e. The van der Waals surface area contributed by atoms with Crippen molar-refractivity contribution in [2.24, 2.45) is 0 Å². The van der Waals surface area contributed by atoms with Crippen molar-refractivity contribution in [3.8, 4) is 0 Å². The first kappa shape index (κ1) is 16.9. The number of halogens is 1. The van der Waals surface area contributed by atoms with Crippen LogP contribution in [0.25, 0.3) is 0 Å². The van der Waals surface area contributed by atoms with Crippen LogP contribution in [0, 0.1) is 0 Å². The molecule has 1 rings (SSSR count). The summed E-state index contributed by atoms with van der Waals surface area (Å²) in [5.74, 6) is -0.511. The normalized spacial score (nSPS) is 19.8. The van der Waals surface area contributed by atoms with Crippen LogP contribution in [0.15, 0.2) is 0 Å². The summed E-state index contributed by atoms with van der Waals surface area (Å²) < 4.78 is 5.20. The molecule has 0 spiro atoms. The lowest BCUT2D eigenvalue weighted by Crippen LogP contribution is -2.37. The van der Waals surface area contributed by atoms with Crippen molar-refractivity contribution >= 4 is 33.8 Å². The summed E-state index contributed by atoms with van der Waals surface area (Å²) in [6, 6.07) is -0.797. The van der Waals surface area contributed by atoms with E-state index in [4.69, 9.17) is 4.74 Å². The number of esters is 1. The lowest BCUT2D eigenvalue weighted by molar-refractivity contribution is -0.154. The minimum absolute atomic E-state index is 0.218. The van der Waals surface area contributed by atoms with Gasteiger partial charge in [-0.25, -0.2) is 4.79 Å². The van der Waals surface area contributed by atoms with E-state index in [9.17, 15) is 14.4 Å². The molecule has 1 fully saturated rings. The highest BCUT2D eigenvalue weighted by molar-refractivity contribution is 9.09. The Balaban J connectivity index is 2.47. The Morgan fingerprint density at radius 1 is 1.35 bits per heavy atom. The molecule has 6 nitrogen and oxygen atoms in total. The molecule has 3 amide bonds. The van der Waals surface area contributed by atoms with Gasteiger partial charge in [0.05, 0.1) is 0 Å². The second-order valence-corrected chi connectivity index (χ2v) is 6.38.